The quantitative estimate of drug-likeness (QED) is 0.483. The third kappa shape index (κ3) is 5.38. The highest BCUT2D eigenvalue weighted by Crippen LogP contribution is 2.33. The third-order valence-corrected chi connectivity index (χ3v) is 5.53. The molecule has 1 amide bonds. The topological polar surface area (TPSA) is 104 Å². The Hall–Kier alpha value is -3.01. The van der Waals surface area contributed by atoms with Gasteiger partial charge in [0.1, 0.15) is 5.76 Å². The Morgan fingerprint density at radius 2 is 1.87 bits per heavy atom. The van der Waals surface area contributed by atoms with Gasteiger partial charge in [-0.25, -0.2) is 0 Å². The molecule has 3 aromatic rings. The fraction of sp³-hybridized carbons (Fsp3) is 0.429. The van der Waals surface area contributed by atoms with Crippen molar-refractivity contribution in [1.82, 2.24) is 19.9 Å². The number of thioether (sulfide) groups is 1. The lowest BCUT2D eigenvalue weighted by molar-refractivity contribution is -0.115. The number of ether oxygens (including phenoxy) is 2. The Labute approximate surface area is 185 Å². The second kappa shape index (κ2) is 9.86. The van der Waals surface area contributed by atoms with Gasteiger partial charge in [0.25, 0.3) is 0 Å². The van der Waals surface area contributed by atoms with Gasteiger partial charge in [-0.2, -0.15) is 0 Å². The summed E-state index contributed by atoms with van der Waals surface area (Å²) in [7, 11) is 1.60. The van der Waals surface area contributed by atoms with E-state index in [1.165, 1.54) is 11.8 Å². The molecule has 2 unspecified atom stereocenters. The Kier molecular flexibility index (Phi) is 7.21. The largest absolute Gasteiger partial charge is 0.493 e. The van der Waals surface area contributed by atoms with Crippen molar-refractivity contribution < 1.29 is 18.8 Å². The summed E-state index contributed by atoms with van der Waals surface area (Å²) < 4.78 is 18.4. The molecule has 3 rings (SSSR count). The average molecular weight is 446 g/mol. The van der Waals surface area contributed by atoms with Gasteiger partial charge in [-0.15, -0.1) is 10.2 Å². The number of hydrogen-bond acceptors (Lipinski definition) is 8. The molecule has 0 bridgehead atoms. The van der Waals surface area contributed by atoms with Gasteiger partial charge in [-0.3, -0.25) is 4.79 Å². The summed E-state index contributed by atoms with van der Waals surface area (Å²) in [4.78, 5) is 12.5. The summed E-state index contributed by atoms with van der Waals surface area (Å²) in [5.41, 5.74) is 0. The molecule has 2 aromatic heterocycles. The lowest BCUT2D eigenvalue weighted by Gasteiger charge is -2.20. The monoisotopic (exact) mass is 445 g/mol. The van der Waals surface area contributed by atoms with Crippen molar-refractivity contribution in [2.75, 3.05) is 12.4 Å². The fourth-order valence-corrected chi connectivity index (χ4v) is 3.94. The molecular formula is C21H27N5O4S. The van der Waals surface area contributed by atoms with Gasteiger partial charge in [0.05, 0.1) is 12.4 Å². The van der Waals surface area contributed by atoms with Crippen molar-refractivity contribution >= 4 is 23.5 Å². The maximum atomic E-state index is 12.5. The smallest absolute Gasteiger partial charge is 0.238 e. The van der Waals surface area contributed by atoms with Crippen LogP contribution in [0.25, 0.3) is 0 Å². The van der Waals surface area contributed by atoms with Gasteiger partial charge >= 0.3 is 0 Å². The number of carbonyl (C=O) groups is 1. The summed E-state index contributed by atoms with van der Waals surface area (Å²) in [5, 5.41) is 15.4. The van der Waals surface area contributed by atoms with E-state index < -0.39 is 5.25 Å². The molecule has 0 aliphatic rings. The first-order valence-corrected chi connectivity index (χ1v) is 10.8. The van der Waals surface area contributed by atoms with Crippen molar-refractivity contribution in [2.45, 2.75) is 57.2 Å². The van der Waals surface area contributed by atoms with E-state index in [1.54, 1.807) is 27.0 Å². The normalized spacial score (nSPS) is 13.1. The zero-order valence-electron chi connectivity index (χ0n) is 18.4. The van der Waals surface area contributed by atoms with Crippen LogP contribution in [0.2, 0.25) is 0 Å². The first-order valence-electron chi connectivity index (χ1n) is 9.95. The van der Waals surface area contributed by atoms with Gasteiger partial charge in [-0.1, -0.05) is 29.1 Å². The lowest BCUT2D eigenvalue weighted by atomic mass is 10.3. The number of hydrogen-bond donors (Lipinski definition) is 1. The average Bonchev–Trinajstić information content (AvgIpc) is 3.34. The molecule has 0 saturated heterocycles. The molecule has 9 nitrogen and oxygen atoms in total. The molecule has 1 N–H and O–H groups in total. The van der Waals surface area contributed by atoms with E-state index in [-0.39, 0.29) is 18.1 Å². The molecule has 0 spiro atoms. The van der Waals surface area contributed by atoms with Crippen LogP contribution >= 0.6 is 11.8 Å². The molecule has 0 saturated carbocycles. The van der Waals surface area contributed by atoms with Crippen LogP contribution in [0.15, 0.2) is 40.0 Å². The number of methoxy groups -OCH3 is 1. The van der Waals surface area contributed by atoms with E-state index in [1.807, 2.05) is 49.6 Å². The van der Waals surface area contributed by atoms with Crippen LogP contribution in [0.5, 0.6) is 11.5 Å². The molecule has 2 heterocycles. The maximum absolute atomic E-state index is 12.5. The molecule has 10 heteroatoms. The van der Waals surface area contributed by atoms with Gasteiger partial charge in [-0.05, 0) is 46.8 Å². The number of benzene rings is 1. The van der Waals surface area contributed by atoms with Crippen LogP contribution < -0.4 is 14.8 Å². The summed E-state index contributed by atoms with van der Waals surface area (Å²) in [5.74, 6) is 2.76. The molecule has 0 fully saturated rings. The van der Waals surface area contributed by atoms with Crippen LogP contribution in [0.3, 0.4) is 0 Å². The number of amides is 1. The van der Waals surface area contributed by atoms with Crippen molar-refractivity contribution in [2.24, 2.45) is 0 Å². The first-order chi connectivity index (χ1) is 14.8. The predicted molar refractivity (Wildman–Crippen MR) is 118 cm³/mol. The predicted octanol–water partition coefficient (Wildman–Crippen LogP) is 4.42. The van der Waals surface area contributed by atoms with E-state index in [9.17, 15) is 4.79 Å². The minimum Gasteiger partial charge on any atom is -0.493 e. The number of para-hydroxylation sites is 2. The zero-order chi connectivity index (χ0) is 22.5. The van der Waals surface area contributed by atoms with E-state index in [0.717, 1.165) is 0 Å². The molecule has 166 valence electrons. The number of anilines is 1. The highest BCUT2D eigenvalue weighted by molar-refractivity contribution is 8.00. The van der Waals surface area contributed by atoms with Crippen LogP contribution in [0.4, 0.5) is 5.82 Å². The molecule has 1 aromatic carbocycles. The summed E-state index contributed by atoms with van der Waals surface area (Å²) in [6, 6.07) is 9.20. The standard InChI is InChI=1S/C21H27N5O4S/c1-12(2)26-19(14(4)29-17-10-8-7-9-16(17)28-6)23-24-21(26)31-15(5)20(27)22-18-11-13(3)30-25-18/h7-12,14-15H,1-6H3,(H,22,25,27). The number of carbonyl (C=O) groups excluding carboxylic acids is 1. The zero-order valence-corrected chi connectivity index (χ0v) is 19.3. The number of aromatic nitrogens is 4. The molecule has 0 aliphatic carbocycles. The number of rotatable bonds is 9. The van der Waals surface area contributed by atoms with E-state index in [4.69, 9.17) is 14.0 Å². The maximum Gasteiger partial charge on any atom is 0.238 e. The highest BCUT2D eigenvalue weighted by Gasteiger charge is 2.25. The van der Waals surface area contributed by atoms with E-state index >= 15 is 0 Å². The molecule has 2 atom stereocenters. The second-order valence-electron chi connectivity index (χ2n) is 7.29. The van der Waals surface area contributed by atoms with Crippen molar-refractivity contribution in [3.8, 4) is 11.5 Å². The summed E-state index contributed by atoms with van der Waals surface area (Å²) >= 11 is 1.32. The second-order valence-corrected chi connectivity index (χ2v) is 8.60. The fourth-order valence-electron chi connectivity index (χ4n) is 2.96. The van der Waals surface area contributed by atoms with E-state index in [2.05, 4.69) is 20.7 Å². The van der Waals surface area contributed by atoms with Crippen LogP contribution in [-0.4, -0.2) is 38.2 Å². The van der Waals surface area contributed by atoms with Crippen molar-refractivity contribution in [3.05, 3.63) is 41.9 Å². The Morgan fingerprint density at radius 1 is 1.16 bits per heavy atom. The highest BCUT2D eigenvalue weighted by atomic mass is 32.2. The Bertz CT molecular complexity index is 1030. The third-order valence-electron chi connectivity index (χ3n) is 4.47. The molecule has 0 radical (unpaired) electrons. The van der Waals surface area contributed by atoms with Crippen LogP contribution in [0.1, 0.15) is 51.4 Å². The van der Waals surface area contributed by atoms with Crippen LogP contribution in [0, 0.1) is 6.92 Å². The van der Waals surface area contributed by atoms with E-state index in [0.29, 0.717) is 34.1 Å². The summed E-state index contributed by atoms with van der Waals surface area (Å²) in [6.45, 7) is 9.56. The van der Waals surface area contributed by atoms with Gasteiger partial charge in [0.2, 0.25) is 5.91 Å². The van der Waals surface area contributed by atoms with Crippen molar-refractivity contribution in [3.63, 3.8) is 0 Å². The SMILES string of the molecule is COc1ccccc1OC(C)c1nnc(SC(C)C(=O)Nc2cc(C)on2)n1C(C)C. The molecule has 0 aliphatic heterocycles. The van der Waals surface area contributed by atoms with Gasteiger partial charge in [0.15, 0.2) is 34.4 Å². The van der Waals surface area contributed by atoms with Gasteiger partial charge < -0.3 is 23.9 Å². The number of nitrogens with zero attached hydrogens (tertiary/aromatic N) is 4. The number of nitrogens with one attached hydrogen (secondary N) is 1. The molecule has 31 heavy (non-hydrogen) atoms. The summed E-state index contributed by atoms with van der Waals surface area (Å²) in [6.07, 6.45) is -0.372. The minimum absolute atomic E-state index is 0.0738. The number of aryl methyl sites for hydroxylation is 1. The molecular weight excluding hydrogens is 418 g/mol. The van der Waals surface area contributed by atoms with Gasteiger partial charge in [0, 0.05) is 12.1 Å². The Balaban J connectivity index is 1.75. The lowest BCUT2D eigenvalue weighted by Crippen LogP contribution is -2.23. The Morgan fingerprint density at radius 3 is 2.48 bits per heavy atom. The minimum atomic E-state index is -0.419. The first kappa shape index (κ1) is 22.7. The van der Waals surface area contributed by atoms with Crippen molar-refractivity contribution in [1.29, 1.82) is 0 Å². The van der Waals surface area contributed by atoms with Crippen LogP contribution in [-0.2, 0) is 4.79 Å².